The number of benzene rings is 1. The molecule has 1 atom stereocenters. The molecule has 0 saturated carbocycles. The molecule has 0 spiro atoms. The van der Waals surface area contributed by atoms with Gasteiger partial charge in [-0.1, -0.05) is 18.2 Å². The predicted octanol–water partition coefficient (Wildman–Crippen LogP) is 3.63. The Hall–Kier alpha value is -2.48. The van der Waals surface area contributed by atoms with E-state index >= 15 is 0 Å². The van der Waals surface area contributed by atoms with Crippen molar-refractivity contribution >= 4 is 23.3 Å². The number of esters is 1. The average molecular weight is 407 g/mol. The lowest BCUT2D eigenvalue weighted by atomic mass is 10.1. The Bertz CT molecular complexity index is 822. The van der Waals surface area contributed by atoms with Crippen molar-refractivity contribution in [2.75, 3.05) is 19.7 Å². The van der Waals surface area contributed by atoms with Gasteiger partial charge in [0.25, 0.3) is 0 Å². The lowest BCUT2D eigenvalue weighted by molar-refractivity contribution is 0.0531. The minimum Gasteiger partial charge on any atom is -0.462 e. The van der Waals surface area contributed by atoms with Crippen LogP contribution in [0, 0.1) is 12.7 Å². The fourth-order valence-electron chi connectivity index (χ4n) is 2.56. The van der Waals surface area contributed by atoms with Gasteiger partial charge in [-0.2, -0.15) is 0 Å². The molecular weight excluding hydrogens is 379 g/mol. The Morgan fingerprint density at radius 3 is 2.79 bits per heavy atom. The highest BCUT2D eigenvalue weighted by atomic mass is 32.1. The minimum absolute atomic E-state index is 0.141. The van der Waals surface area contributed by atoms with E-state index in [0.29, 0.717) is 48.2 Å². The van der Waals surface area contributed by atoms with E-state index in [9.17, 15) is 9.18 Å². The summed E-state index contributed by atoms with van der Waals surface area (Å²) in [6, 6.07) is 6.58. The number of aryl methyl sites for hydroxylation is 1. The van der Waals surface area contributed by atoms with Gasteiger partial charge >= 0.3 is 5.97 Å². The maximum Gasteiger partial charge on any atom is 0.350 e. The van der Waals surface area contributed by atoms with Gasteiger partial charge in [-0.25, -0.2) is 14.2 Å². The monoisotopic (exact) mass is 406 g/mol. The number of halogens is 1. The third-order valence-electron chi connectivity index (χ3n) is 3.95. The van der Waals surface area contributed by atoms with Crippen LogP contribution in [0.2, 0.25) is 0 Å². The summed E-state index contributed by atoms with van der Waals surface area (Å²) in [5, 5.41) is 7.24. The number of guanidine groups is 1. The van der Waals surface area contributed by atoms with Crippen molar-refractivity contribution in [2.24, 2.45) is 4.99 Å². The second-order valence-corrected chi connectivity index (χ2v) is 7.19. The van der Waals surface area contributed by atoms with Crippen molar-refractivity contribution in [3.05, 3.63) is 51.2 Å². The van der Waals surface area contributed by atoms with Gasteiger partial charge in [0.15, 0.2) is 5.96 Å². The molecule has 1 aromatic heterocycles. The van der Waals surface area contributed by atoms with Gasteiger partial charge in [0, 0.05) is 13.1 Å². The normalized spacial score (nSPS) is 12.5. The Morgan fingerprint density at radius 2 is 2.11 bits per heavy atom. The van der Waals surface area contributed by atoms with Crippen LogP contribution in [0.15, 0.2) is 29.3 Å². The van der Waals surface area contributed by atoms with Gasteiger partial charge in [0.2, 0.25) is 0 Å². The molecule has 0 fully saturated rings. The number of hydrogen-bond donors (Lipinski definition) is 2. The van der Waals surface area contributed by atoms with Crippen LogP contribution in [0.3, 0.4) is 0 Å². The van der Waals surface area contributed by atoms with Crippen LogP contribution in [0.5, 0.6) is 0 Å². The highest BCUT2D eigenvalue weighted by Gasteiger charge is 2.20. The summed E-state index contributed by atoms with van der Waals surface area (Å²) in [7, 11) is 0. The third kappa shape index (κ3) is 6.02. The largest absolute Gasteiger partial charge is 0.462 e. The summed E-state index contributed by atoms with van der Waals surface area (Å²) >= 11 is 1.32. The summed E-state index contributed by atoms with van der Waals surface area (Å²) in [5.41, 5.74) is 1.30. The first-order valence-corrected chi connectivity index (χ1v) is 10.2. The van der Waals surface area contributed by atoms with Crippen LogP contribution >= 0.6 is 11.3 Å². The van der Waals surface area contributed by atoms with Crippen molar-refractivity contribution in [3.63, 3.8) is 0 Å². The number of ether oxygens (including phenoxy) is 1. The number of rotatable bonds is 8. The van der Waals surface area contributed by atoms with Crippen molar-refractivity contribution in [1.29, 1.82) is 0 Å². The number of aliphatic imine (C=N–C) groups is 1. The number of carbonyl (C=O) groups is 1. The average Bonchev–Trinajstić information content (AvgIpc) is 3.05. The molecule has 2 aromatic rings. The zero-order valence-corrected chi connectivity index (χ0v) is 17.5. The Labute approximate surface area is 169 Å². The van der Waals surface area contributed by atoms with E-state index < -0.39 is 0 Å². The highest BCUT2D eigenvalue weighted by molar-refractivity contribution is 7.13. The molecule has 0 aliphatic heterocycles. The molecule has 0 bridgehead atoms. The fourth-order valence-corrected chi connectivity index (χ4v) is 3.53. The van der Waals surface area contributed by atoms with Crippen LogP contribution in [0.4, 0.5) is 4.39 Å². The summed E-state index contributed by atoms with van der Waals surface area (Å²) in [5.74, 6) is 0.0621. The quantitative estimate of drug-likeness (QED) is 0.398. The van der Waals surface area contributed by atoms with Crippen LogP contribution in [0.1, 0.15) is 52.7 Å². The molecule has 0 saturated heterocycles. The summed E-state index contributed by atoms with van der Waals surface area (Å²) < 4.78 is 18.8. The number of aromatic nitrogens is 1. The number of carbonyl (C=O) groups excluding carboxylic acids is 1. The van der Waals surface area contributed by atoms with Crippen molar-refractivity contribution < 1.29 is 13.9 Å². The number of nitrogens with zero attached hydrogens (tertiary/aromatic N) is 2. The molecule has 28 heavy (non-hydrogen) atoms. The molecule has 1 heterocycles. The number of hydrogen-bond acceptors (Lipinski definition) is 5. The van der Waals surface area contributed by atoms with Crippen LogP contribution in [-0.4, -0.2) is 36.6 Å². The molecular formula is C20H27FN4O2S. The van der Waals surface area contributed by atoms with Crippen molar-refractivity contribution in [3.8, 4) is 0 Å². The lowest BCUT2D eigenvalue weighted by Gasteiger charge is -2.16. The summed E-state index contributed by atoms with van der Waals surface area (Å²) in [6.07, 6.45) is 0.515. The van der Waals surface area contributed by atoms with Crippen LogP contribution < -0.4 is 10.6 Å². The van der Waals surface area contributed by atoms with E-state index in [1.165, 1.54) is 17.4 Å². The van der Waals surface area contributed by atoms with E-state index in [1.54, 1.807) is 26.0 Å². The van der Waals surface area contributed by atoms with E-state index in [0.717, 1.165) is 5.01 Å². The predicted molar refractivity (Wildman–Crippen MR) is 110 cm³/mol. The van der Waals surface area contributed by atoms with Crippen molar-refractivity contribution in [2.45, 2.75) is 40.2 Å². The highest BCUT2D eigenvalue weighted by Crippen LogP contribution is 2.24. The first-order chi connectivity index (χ1) is 13.5. The summed E-state index contributed by atoms with van der Waals surface area (Å²) in [6.45, 7) is 8.99. The van der Waals surface area contributed by atoms with Crippen LogP contribution in [0.25, 0.3) is 0 Å². The molecule has 0 aliphatic carbocycles. The zero-order valence-electron chi connectivity index (χ0n) is 16.7. The molecule has 1 aromatic carbocycles. The van der Waals surface area contributed by atoms with Crippen molar-refractivity contribution in [1.82, 2.24) is 15.6 Å². The topological polar surface area (TPSA) is 75.6 Å². The zero-order chi connectivity index (χ0) is 20.5. The smallest absolute Gasteiger partial charge is 0.350 e. The molecule has 0 aliphatic rings. The SMILES string of the molecule is CCNC(=NCCc1ccccc1F)NC(C)c1nc(C)c(C(=O)OCC)s1. The minimum atomic E-state index is -0.346. The molecule has 6 nitrogen and oxygen atoms in total. The van der Waals surface area contributed by atoms with Gasteiger partial charge in [-0.15, -0.1) is 11.3 Å². The van der Waals surface area contributed by atoms with E-state index in [1.807, 2.05) is 19.9 Å². The maximum absolute atomic E-state index is 13.7. The lowest BCUT2D eigenvalue weighted by Crippen LogP contribution is -2.38. The second kappa shape index (κ2) is 10.8. The van der Waals surface area contributed by atoms with Gasteiger partial charge < -0.3 is 15.4 Å². The third-order valence-corrected chi connectivity index (χ3v) is 5.27. The molecule has 152 valence electrons. The summed E-state index contributed by atoms with van der Waals surface area (Å²) in [4.78, 5) is 21.5. The first-order valence-electron chi connectivity index (χ1n) is 9.38. The Morgan fingerprint density at radius 1 is 1.36 bits per heavy atom. The molecule has 8 heteroatoms. The molecule has 2 rings (SSSR count). The first kappa shape index (κ1) is 21.8. The molecule has 1 unspecified atom stereocenters. The fraction of sp³-hybridized carbons (Fsp3) is 0.450. The Balaban J connectivity index is 2.03. The Kier molecular flexibility index (Phi) is 8.38. The molecule has 2 N–H and O–H groups in total. The molecule has 0 amide bonds. The van der Waals surface area contributed by atoms with E-state index in [4.69, 9.17) is 4.74 Å². The van der Waals surface area contributed by atoms with Crippen LogP contribution in [-0.2, 0) is 11.2 Å². The number of thiazole rings is 1. The number of nitrogens with one attached hydrogen (secondary N) is 2. The second-order valence-electron chi connectivity index (χ2n) is 6.16. The van der Waals surface area contributed by atoms with Gasteiger partial charge in [-0.05, 0) is 45.7 Å². The van der Waals surface area contributed by atoms with Gasteiger partial charge in [0.05, 0.1) is 18.3 Å². The maximum atomic E-state index is 13.7. The standard InChI is InChI=1S/C20H27FN4O2S/c1-5-22-20(23-12-11-15-9-7-8-10-16(15)21)25-14(4)18-24-13(3)17(28-18)19(26)27-6-2/h7-10,14H,5-6,11-12H2,1-4H3,(H2,22,23,25). The van der Waals surface area contributed by atoms with Gasteiger partial charge in [-0.3, -0.25) is 4.99 Å². The van der Waals surface area contributed by atoms with E-state index in [-0.39, 0.29) is 17.8 Å². The van der Waals surface area contributed by atoms with Gasteiger partial charge in [0.1, 0.15) is 15.7 Å². The van der Waals surface area contributed by atoms with E-state index in [2.05, 4.69) is 20.6 Å². The molecule has 0 radical (unpaired) electrons.